The first kappa shape index (κ1) is 13.7. The lowest BCUT2D eigenvalue weighted by Gasteiger charge is -2.18. The van der Waals surface area contributed by atoms with Crippen LogP contribution < -0.4 is 11.1 Å². The van der Waals surface area contributed by atoms with Crippen molar-refractivity contribution in [2.45, 2.75) is 53.5 Å². The number of rotatable bonds is 5. The number of nitrogens with zero attached hydrogens (tertiary/aromatic N) is 2. The highest BCUT2D eigenvalue weighted by molar-refractivity contribution is 5.55. The SMILES string of the molecule is CCc1nc(N)c(C)c(NC(C)CC(C)C)n1. The summed E-state index contributed by atoms with van der Waals surface area (Å²) < 4.78 is 0. The average Bonchev–Trinajstić information content (AvgIpc) is 2.23. The maximum absolute atomic E-state index is 5.88. The normalized spacial score (nSPS) is 12.8. The molecule has 0 amide bonds. The zero-order valence-electron chi connectivity index (χ0n) is 11.5. The Bertz CT molecular complexity index is 374. The van der Waals surface area contributed by atoms with Gasteiger partial charge in [-0.25, -0.2) is 9.97 Å². The maximum Gasteiger partial charge on any atom is 0.134 e. The number of hydrogen-bond donors (Lipinski definition) is 2. The van der Waals surface area contributed by atoms with E-state index in [1.807, 2.05) is 13.8 Å². The highest BCUT2D eigenvalue weighted by Crippen LogP contribution is 2.19. The van der Waals surface area contributed by atoms with Crippen molar-refractivity contribution in [3.8, 4) is 0 Å². The standard InChI is InChI=1S/C13H24N4/c1-6-11-16-12(14)10(5)13(17-11)15-9(4)7-8(2)3/h8-9H,6-7H2,1-5H3,(H3,14,15,16,17). The molecule has 96 valence electrons. The Kier molecular flexibility index (Phi) is 4.73. The van der Waals surface area contributed by atoms with Gasteiger partial charge in [0.05, 0.1) is 0 Å². The third-order valence-corrected chi connectivity index (χ3v) is 2.75. The third-order valence-electron chi connectivity index (χ3n) is 2.75. The predicted octanol–water partition coefficient (Wildman–Crippen LogP) is 2.78. The van der Waals surface area contributed by atoms with Gasteiger partial charge in [-0.15, -0.1) is 0 Å². The maximum atomic E-state index is 5.88. The van der Waals surface area contributed by atoms with Crippen molar-refractivity contribution < 1.29 is 0 Å². The van der Waals surface area contributed by atoms with E-state index in [0.29, 0.717) is 17.8 Å². The van der Waals surface area contributed by atoms with Crippen LogP contribution in [0.3, 0.4) is 0 Å². The number of aryl methyl sites for hydroxylation is 1. The molecule has 0 saturated heterocycles. The largest absolute Gasteiger partial charge is 0.383 e. The van der Waals surface area contributed by atoms with E-state index in [0.717, 1.165) is 30.0 Å². The molecule has 1 atom stereocenters. The number of anilines is 2. The first-order valence-corrected chi connectivity index (χ1v) is 6.33. The average molecular weight is 236 g/mol. The molecule has 0 aliphatic rings. The van der Waals surface area contributed by atoms with Gasteiger partial charge in [0.15, 0.2) is 0 Å². The summed E-state index contributed by atoms with van der Waals surface area (Å²) in [5.74, 6) is 2.92. The summed E-state index contributed by atoms with van der Waals surface area (Å²) in [4.78, 5) is 8.74. The topological polar surface area (TPSA) is 63.8 Å². The molecule has 0 aliphatic heterocycles. The lowest BCUT2D eigenvalue weighted by atomic mass is 10.1. The van der Waals surface area contributed by atoms with Crippen LogP contribution in [-0.2, 0) is 6.42 Å². The molecule has 1 aromatic rings. The van der Waals surface area contributed by atoms with E-state index in [1.54, 1.807) is 0 Å². The lowest BCUT2D eigenvalue weighted by molar-refractivity contribution is 0.538. The number of nitrogens with one attached hydrogen (secondary N) is 1. The first-order chi connectivity index (χ1) is 7.93. The molecule has 0 fully saturated rings. The predicted molar refractivity (Wildman–Crippen MR) is 73.1 cm³/mol. The third kappa shape index (κ3) is 3.88. The summed E-state index contributed by atoms with van der Waals surface area (Å²) in [5.41, 5.74) is 6.83. The van der Waals surface area contributed by atoms with Crippen molar-refractivity contribution in [2.75, 3.05) is 11.1 Å². The Morgan fingerprint density at radius 3 is 2.41 bits per heavy atom. The number of nitrogen functional groups attached to an aromatic ring is 1. The molecule has 1 unspecified atom stereocenters. The summed E-state index contributed by atoms with van der Waals surface area (Å²) in [7, 11) is 0. The zero-order valence-corrected chi connectivity index (χ0v) is 11.5. The van der Waals surface area contributed by atoms with E-state index in [4.69, 9.17) is 5.73 Å². The van der Waals surface area contributed by atoms with Crippen LogP contribution in [0.1, 0.15) is 45.5 Å². The summed E-state index contributed by atoms with van der Waals surface area (Å²) >= 11 is 0. The molecule has 0 aliphatic carbocycles. The molecular weight excluding hydrogens is 212 g/mol. The van der Waals surface area contributed by atoms with Gasteiger partial charge < -0.3 is 11.1 Å². The second-order valence-electron chi connectivity index (χ2n) is 5.03. The fourth-order valence-electron chi connectivity index (χ4n) is 1.88. The van der Waals surface area contributed by atoms with E-state index in [-0.39, 0.29) is 0 Å². The molecule has 1 rings (SSSR count). The van der Waals surface area contributed by atoms with Gasteiger partial charge in [0, 0.05) is 18.0 Å². The van der Waals surface area contributed by atoms with Crippen LogP contribution in [0, 0.1) is 12.8 Å². The van der Waals surface area contributed by atoms with Crippen molar-refractivity contribution in [1.29, 1.82) is 0 Å². The van der Waals surface area contributed by atoms with E-state index < -0.39 is 0 Å². The molecule has 3 N–H and O–H groups in total. The van der Waals surface area contributed by atoms with Crippen LogP contribution in [0.15, 0.2) is 0 Å². The summed E-state index contributed by atoms with van der Waals surface area (Å²) in [5, 5.41) is 3.43. The van der Waals surface area contributed by atoms with Gasteiger partial charge in [-0.1, -0.05) is 20.8 Å². The minimum atomic E-state index is 0.396. The van der Waals surface area contributed by atoms with Crippen LogP contribution in [0.4, 0.5) is 11.6 Å². The molecule has 0 aromatic carbocycles. The zero-order chi connectivity index (χ0) is 13.0. The molecule has 0 spiro atoms. The quantitative estimate of drug-likeness (QED) is 0.825. The summed E-state index contributed by atoms with van der Waals surface area (Å²) in [6, 6.07) is 0.396. The van der Waals surface area contributed by atoms with Crippen LogP contribution in [0.2, 0.25) is 0 Å². The van der Waals surface area contributed by atoms with Crippen molar-refractivity contribution in [1.82, 2.24) is 9.97 Å². The fraction of sp³-hybridized carbons (Fsp3) is 0.692. The van der Waals surface area contributed by atoms with Crippen LogP contribution >= 0.6 is 0 Å². The summed E-state index contributed by atoms with van der Waals surface area (Å²) in [6.45, 7) is 10.6. The van der Waals surface area contributed by atoms with Gasteiger partial charge in [-0.2, -0.15) is 0 Å². The van der Waals surface area contributed by atoms with Crippen molar-refractivity contribution in [2.24, 2.45) is 5.92 Å². The van der Waals surface area contributed by atoms with Crippen molar-refractivity contribution in [3.63, 3.8) is 0 Å². The highest BCUT2D eigenvalue weighted by Gasteiger charge is 2.11. The molecule has 1 heterocycles. The van der Waals surface area contributed by atoms with Gasteiger partial charge in [0.25, 0.3) is 0 Å². The Balaban J connectivity index is 2.86. The van der Waals surface area contributed by atoms with E-state index >= 15 is 0 Å². The van der Waals surface area contributed by atoms with Gasteiger partial charge in [-0.3, -0.25) is 0 Å². The molecular formula is C13H24N4. The lowest BCUT2D eigenvalue weighted by Crippen LogP contribution is -2.20. The Morgan fingerprint density at radius 1 is 1.24 bits per heavy atom. The number of nitrogens with two attached hydrogens (primary N) is 1. The van der Waals surface area contributed by atoms with Gasteiger partial charge in [0.2, 0.25) is 0 Å². The number of hydrogen-bond acceptors (Lipinski definition) is 4. The Morgan fingerprint density at radius 2 is 1.88 bits per heavy atom. The number of aromatic nitrogens is 2. The molecule has 17 heavy (non-hydrogen) atoms. The molecule has 4 heteroatoms. The van der Waals surface area contributed by atoms with Crippen LogP contribution in [0.25, 0.3) is 0 Å². The fourth-order valence-corrected chi connectivity index (χ4v) is 1.88. The Hall–Kier alpha value is -1.32. The first-order valence-electron chi connectivity index (χ1n) is 6.33. The minimum Gasteiger partial charge on any atom is -0.383 e. The van der Waals surface area contributed by atoms with Crippen molar-refractivity contribution in [3.05, 3.63) is 11.4 Å². The van der Waals surface area contributed by atoms with Crippen LogP contribution in [-0.4, -0.2) is 16.0 Å². The second kappa shape index (κ2) is 5.84. The highest BCUT2D eigenvalue weighted by atomic mass is 15.1. The molecule has 0 saturated carbocycles. The van der Waals surface area contributed by atoms with E-state index in [9.17, 15) is 0 Å². The second-order valence-corrected chi connectivity index (χ2v) is 5.03. The monoisotopic (exact) mass is 236 g/mol. The van der Waals surface area contributed by atoms with Crippen LogP contribution in [0.5, 0.6) is 0 Å². The van der Waals surface area contributed by atoms with Gasteiger partial charge >= 0.3 is 0 Å². The van der Waals surface area contributed by atoms with Crippen molar-refractivity contribution >= 4 is 11.6 Å². The molecule has 1 aromatic heterocycles. The molecule has 0 radical (unpaired) electrons. The minimum absolute atomic E-state index is 0.396. The smallest absolute Gasteiger partial charge is 0.134 e. The van der Waals surface area contributed by atoms with Gasteiger partial charge in [-0.05, 0) is 26.2 Å². The van der Waals surface area contributed by atoms with E-state index in [2.05, 4.69) is 36.1 Å². The van der Waals surface area contributed by atoms with Gasteiger partial charge in [0.1, 0.15) is 17.5 Å². The van der Waals surface area contributed by atoms with E-state index in [1.165, 1.54) is 0 Å². The Labute approximate surface area is 104 Å². The summed E-state index contributed by atoms with van der Waals surface area (Å²) in [6.07, 6.45) is 1.92. The molecule has 4 nitrogen and oxygen atoms in total. The molecule has 0 bridgehead atoms.